The van der Waals surface area contributed by atoms with Crippen molar-refractivity contribution in [2.24, 2.45) is 0 Å². The van der Waals surface area contributed by atoms with E-state index in [1.54, 1.807) is 30.3 Å². The molecule has 0 saturated carbocycles. The molecule has 0 bridgehead atoms. The number of benzene rings is 3. The van der Waals surface area contributed by atoms with Crippen LogP contribution in [0.25, 0.3) is 0 Å². The first-order chi connectivity index (χ1) is 18.2. The number of amides is 2. The fourth-order valence-electron chi connectivity index (χ4n) is 3.90. The van der Waals surface area contributed by atoms with E-state index in [0.717, 1.165) is 24.3 Å². The standard InChI is InChI=1S/C27H24F8N2O2/c1-25(32,33)11-12-36-24(38)37-26(16-17-5-3-2-4-6-17,18-7-9-20(28)10-8-18)19-13-21(29)15-22(14-19)39-27(34,35)23(30)31/h2-10,13-15,23H,11-12,16H2,1H3,(H2,36,37,38)/t26-/m1/s1. The van der Waals surface area contributed by atoms with Gasteiger partial charge in [-0.1, -0.05) is 42.5 Å². The Labute approximate surface area is 219 Å². The van der Waals surface area contributed by atoms with Crippen LogP contribution in [0.3, 0.4) is 0 Å². The van der Waals surface area contributed by atoms with Gasteiger partial charge in [0.05, 0.1) is 5.54 Å². The SMILES string of the molecule is CC(F)(F)CCNC(=O)N[C@](Cc1ccccc1)(c1ccc(F)cc1)c1cc(F)cc(OC(F)(F)C(F)F)c1. The number of nitrogens with one attached hydrogen (secondary N) is 2. The highest BCUT2D eigenvalue weighted by Gasteiger charge is 2.45. The third-order valence-electron chi connectivity index (χ3n) is 5.70. The summed E-state index contributed by atoms with van der Waals surface area (Å²) in [5.74, 6) is -5.89. The van der Waals surface area contributed by atoms with Gasteiger partial charge in [0.2, 0.25) is 5.92 Å². The Hall–Kier alpha value is -3.83. The average molecular weight is 560 g/mol. The molecule has 4 nitrogen and oxygen atoms in total. The van der Waals surface area contributed by atoms with Gasteiger partial charge in [0.25, 0.3) is 0 Å². The Morgan fingerprint density at radius 3 is 2.10 bits per heavy atom. The molecule has 0 heterocycles. The largest absolute Gasteiger partial charge is 0.461 e. The van der Waals surface area contributed by atoms with Crippen molar-refractivity contribution in [2.75, 3.05) is 6.54 Å². The van der Waals surface area contributed by atoms with Gasteiger partial charge in [-0.3, -0.25) is 0 Å². The molecule has 12 heteroatoms. The second kappa shape index (κ2) is 11.9. The van der Waals surface area contributed by atoms with Crippen LogP contribution in [0.4, 0.5) is 39.9 Å². The fraction of sp³-hybridized carbons (Fsp3) is 0.296. The van der Waals surface area contributed by atoms with Gasteiger partial charge in [-0.15, -0.1) is 0 Å². The number of carbonyl (C=O) groups is 1. The summed E-state index contributed by atoms with van der Waals surface area (Å²) in [5.41, 5.74) is -1.39. The van der Waals surface area contributed by atoms with Gasteiger partial charge in [-0.05, 0) is 47.9 Å². The van der Waals surface area contributed by atoms with Crippen LogP contribution in [-0.4, -0.2) is 31.0 Å². The third kappa shape index (κ3) is 8.08. The van der Waals surface area contributed by atoms with Gasteiger partial charge in [0.15, 0.2) is 0 Å². The number of ether oxygens (including phenoxy) is 1. The molecule has 3 rings (SSSR count). The molecule has 2 amide bonds. The molecule has 39 heavy (non-hydrogen) atoms. The molecular formula is C27H24F8N2O2. The van der Waals surface area contributed by atoms with Crippen molar-refractivity contribution in [2.45, 2.75) is 43.8 Å². The Bertz CT molecular complexity index is 1250. The lowest BCUT2D eigenvalue weighted by Gasteiger charge is -2.37. The minimum Gasteiger partial charge on any atom is -0.428 e. The fourth-order valence-corrected chi connectivity index (χ4v) is 3.90. The highest BCUT2D eigenvalue weighted by molar-refractivity contribution is 5.76. The summed E-state index contributed by atoms with van der Waals surface area (Å²) in [6.07, 6.45) is -10.1. The number of hydrogen-bond acceptors (Lipinski definition) is 2. The molecule has 0 fully saturated rings. The summed E-state index contributed by atoms with van der Waals surface area (Å²) in [6, 6.07) is 14.0. The summed E-state index contributed by atoms with van der Waals surface area (Å²) in [7, 11) is 0. The van der Waals surface area contributed by atoms with E-state index in [4.69, 9.17) is 0 Å². The minimum atomic E-state index is -4.96. The number of alkyl halides is 6. The molecule has 3 aromatic carbocycles. The molecule has 2 N–H and O–H groups in total. The average Bonchev–Trinajstić information content (AvgIpc) is 2.83. The summed E-state index contributed by atoms with van der Waals surface area (Å²) in [4.78, 5) is 13.0. The van der Waals surface area contributed by atoms with E-state index in [1.807, 2.05) is 0 Å². The first-order valence-corrected chi connectivity index (χ1v) is 11.6. The Kier molecular flexibility index (Phi) is 9.08. The monoisotopic (exact) mass is 560 g/mol. The highest BCUT2D eigenvalue weighted by atomic mass is 19.3. The van der Waals surface area contributed by atoms with Crippen LogP contribution in [0.2, 0.25) is 0 Å². The molecule has 0 aliphatic heterocycles. The molecular weight excluding hydrogens is 536 g/mol. The van der Waals surface area contributed by atoms with Crippen LogP contribution in [0.15, 0.2) is 72.8 Å². The number of carbonyl (C=O) groups excluding carboxylic acids is 1. The van der Waals surface area contributed by atoms with Crippen LogP contribution in [0, 0.1) is 11.6 Å². The predicted molar refractivity (Wildman–Crippen MR) is 127 cm³/mol. The maximum absolute atomic E-state index is 14.7. The van der Waals surface area contributed by atoms with Crippen molar-refractivity contribution in [1.29, 1.82) is 0 Å². The van der Waals surface area contributed by atoms with Crippen LogP contribution in [0.5, 0.6) is 5.75 Å². The molecule has 0 aromatic heterocycles. The van der Waals surface area contributed by atoms with Gasteiger partial charge in [0, 0.05) is 25.5 Å². The van der Waals surface area contributed by atoms with Crippen LogP contribution in [-0.2, 0) is 12.0 Å². The minimum absolute atomic E-state index is 0.140. The third-order valence-corrected chi connectivity index (χ3v) is 5.70. The quantitative estimate of drug-likeness (QED) is 0.248. The zero-order chi connectivity index (χ0) is 28.8. The number of urea groups is 1. The molecule has 1 atom stereocenters. The topological polar surface area (TPSA) is 50.4 Å². The van der Waals surface area contributed by atoms with Gasteiger partial charge in [-0.2, -0.15) is 17.6 Å². The molecule has 0 saturated heterocycles. The summed E-state index contributed by atoms with van der Waals surface area (Å²) < 4.78 is 112. The first-order valence-electron chi connectivity index (χ1n) is 11.6. The van der Waals surface area contributed by atoms with Crippen molar-refractivity contribution in [1.82, 2.24) is 10.6 Å². The first kappa shape index (κ1) is 29.7. The molecule has 0 aliphatic carbocycles. The Balaban J connectivity index is 2.17. The van der Waals surface area contributed by atoms with Crippen LogP contribution in [0.1, 0.15) is 30.0 Å². The number of hydrogen-bond donors (Lipinski definition) is 2. The molecule has 210 valence electrons. The molecule has 0 radical (unpaired) electrons. The van der Waals surface area contributed by atoms with E-state index in [1.165, 1.54) is 12.1 Å². The summed E-state index contributed by atoms with van der Waals surface area (Å²) in [5, 5.41) is 4.85. The van der Waals surface area contributed by atoms with Crippen LogP contribution >= 0.6 is 0 Å². The van der Waals surface area contributed by atoms with Crippen molar-refractivity contribution in [3.05, 3.63) is 101 Å². The lowest BCUT2D eigenvalue weighted by atomic mass is 9.77. The van der Waals surface area contributed by atoms with E-state index in [-0.39, 0.29) is 17.5 Å². The summed E-state index contributed by atoms with van der Waals surface area (Å²) >= 11 is 0. The smallest absolute Gasteiger partial charge is 0.428 e. The van der Waals surface area contributed by atoms with Gasteiger partial charge in [0.1, 0.15) is 17.4 Å². The van der Waals surface area contributed by atoms with E-state index in [2.05, 4.69) is 15.4 Å². The van der Waals surface area contributed by atoms with Gasteiger partial charge >= 0.3 is 18.6 Å². The normalized spacial score (nSPS) is 13.6. The molecule has 3 aromatic rings. The van der Waals surface area contributed by atoms with E-state index >= 15 is 0 Å². The van der Waals surface area contributed by atoms with E-state index < -0.39 is 60.4 Å². The molecule has 0 spiro atoms. The van der Waals surface area contributed by atoms with Crippen molar-refractivity contribution in [3.63, 3.8) is 0 Å². The lowest BCUT2D eigenvalue weighted by Crippen LogP contribution is -2.52. The Morgan fingerprint density at radius 1 is 0.872 bits per heavy atom. The highest BCUT2D eigenvalue weighted by Crippen LogP contribution is 2.38. The van der Waals surface area contributed by atoms with Crippen LogP contribution < -0.4 is 15.4 Å². The van der Waals surface area contributed by atoms with Crippen molar-refractivity contribution >= 4 is 6.03 Å². The van der Waals surface area contributed by atoms with Crippen molar-refractivity contribution < 1.29 is 44.7 Å². The molecule has 0 unspecified atom stereocenters. The second-order valence-corrected chi connectivity index (χ2v) is 8.92. The maximum atomic E-state index is 14.7. The van der Waals surface area contributed by atoms with Gasteiger partial charge < -0.3 is 15.4 Å². The lowest BCUT2D eigenvalue weighted by molar-refractivity contribution is -0.253. The predicted octanol–water partition coefficient (Wildman–Crippen LogP) is 7.03. The number of rotatable bonds is 11. The summed E-state index contributed by atoms with van der Waals surface area (Å²) in [6.45, 7) is 0.201. The van der Waals surface area contributed by atoms with E-state index in [9.17, 15) is 39.9 Å². The van der Waals surface area contributed by atoms with E-state index in [0.29, 0.717) is 18.6 Å². The van der Waals surface area contributed by atoms with Crippen molar-refractivity contribution in [3.8, 4) is 5.75 Å². The second-order valence-electron chi connectivity index (χ2n) is 8.92. The zero-order valence-electron chi connectivity index (χ0n) is 20.5. The maximum Gasteiger partial charge on any atom is 0.461 e. The van der Waals surface area contributed by atoms with Gasteiger partial charge in [-0.25, -0.2) is 22.4 Å². The molecule has 0 aliphatic rings. The zero-order valence-corrected chi connectivity index (χ0v) is 20.5. The number of halogens is 8. The Morgan fingerprint density at radius 2 is 1.51 bits per heavy atom.